The van der Waals surface area contributed by atoms with Crippen LogP contribution in [0.4, 0.5) is 0 Å². The van der Waals surface area contributed by atoms with Crippen LogP contribution in [0, 0.1) is 17.8 Å². The van der Waals surface area contributed by atoms with Crippen molar-refractivity contribution in [3.63, 3.8) is 0 Å². The lowest BCUT2D eigenvalue weighted by Crippen LogP contribution is -2.61. The highest BCUT2D eigenvalue weighted by atomic mass is 16.6. The molecule has 4 amide bonds. The highest BCUT2D eigenvalue weighted by molar-refractivity contribution is 6.12. The highest BCUT2D eigenvalue weighted by Gasteiger charge is 2.41. The fourth-order valence-electron chi connectivity index (χ4n) is 4.98. The van der Waals surface area contributed by atoms with Gasteiger partial charge < -0.3 is 19.7 Å². The first kappa shape index (κ1) is 35.2. The number of hydrogen-bond donors (Lipinski definition) is 1. The first-order valence-electron chi connectivity index (χ1n) is 14.0. The van der Waals surface area contributed by atoms with Crippen LogP contribution < -0.4 is 5.32 Å². The van der Waals surface area contributed by atoms with Crippen molar-refractivity contribution in [1.82, 2.24) is 20.2 Å². The van der Waals surface area contributed by atoms with Crippen LogP contribution in [0.1, 0.15) is 75.2 Å². The standard InChI is InChI=1S/C29H50N4O7/c1-13-19(6)26(20(39-12)16-23(36)40-29(7,8)9)31(10)28(38)24(17(2)3)30-27(37)25(18(4)5)32(11)33-21(34)14-15-22(33)35/h14-15,17-20,24-26H,13,16H2,1-12H3,(H,30,37)/t19-,20+,24-,25-,26-/m0/s1. The van der Waals surface area contributed by atoms with Crippen molar-refractivity contribution in [3.05, 3.63) is 12.2 Å². The minimum Gasteiger partial charge on any atom is -0.460 e. The van der Waals surface area contributed by atoms with Crippen molar-refractivity contribution < 1.29 is 33.4 Å². The zero-order chi connectivity index (χ0) is 31.1. The summed E-state index contributed by atoms with van der Waals surface area (Å²) in [5, 5.41) is 5.12. The number of carbonyl (C=O) groups is 5. The summed E-state index contributed by atoms with van der Waals surface area (Å²) < 4.78 is 11.2. The minimum atomic E-state index is -0.902. The molecule has 40 heavy (non-hydrogen) atoms. The number of rotatable bonds is 14. The predicted molar refractivity (Wildman–Crippen MR) is 151 cm³/mol. The first-order valence-corrected chi connectivity index (χ1v) is 14.0. The lowest BCUT2D eigenvalue weighted by atomic mass is 9.90. The molecule has 0 radical (unpaired) electrons. The van der Waals surface area contributed by atoms with Gasteiger partial charge in [-0.25, -0.2) is 10.0 Å². The van der Waals surface area contributed by atoms with Gasteiger partial charge in [-0.05, 0) is 38.5 Å². The molecule has 0 spiro atoms. The third-order valence-electron chi connectivity index (χ3n) is 7.13. The number of amides is 4. The van der Waals surface area contributed by atoms with Crippen LogP contribution in [0.3, 0.4) is 0 Å². The number of ether oxygens (including phenoxy) is 2. The molecule has 0 aromatic carbocycles. The molecule has 11 nitrogen and oxygen atoms in total. The van der Waals surface area contributed by atoms with E-state index >= 15 is 0 Å². The van der Waals surface area contributed by atoms with E-state index in [1.807, 2.05) is 27.7 Å². The van der Waals surface area contributed by atoms with E-state index in [-0.39, 0.29) is 30.1 Å². The molecule has 0 saturated carbocycles. The quantitative estimate of drug-likeness (QED) is 0.251. The zero-order valence-electron chi connectivity index (χ0n) is 26.3. The Bertz CT molecular complexity index is 939. The van der Waals surface area contributed by atoms with Crippen LogP contribution in [-0.2, 0) is 33.4 Å². The van der Waals surface area contributed by atoms with Gasteiger partial charge in [0.05, 0.1) is 18.6 Å². The van der Waals surface area contributed by atoms with E-state index in [2.05, 4.69) is 5.32 Å². The SMILES string of the molecule is CC[C@H](C)[C@@H]([C@@H](CC(=O)OC(C)(C)C)OC)N(C)C(=O)[C@@H](NC(=O)[C@H](C(C)C)N(C)N1C(=O)C=CC1=O)C(C)C. The number of hydrogen-bond acceptors (Lipinski definition) is 8. The number of esters is 1. The van der Waals surface area contributed by atoms with Crippen LogP contribution >= 0.6 is 0 Å². The molecule has 0 bridgehead atoms. The highest BCUT2D eigenvalue weighted by Crippen LogP contribution is 2.25. The van der Waals surface area contributed by atoms with E-state index in [0.29, 0.717) is 0 Å². The molecule has 0 aromatic rings. The van der Waals surface area contributed by atoms with Gasteiger partial charge in [0.2, 0.25) is 11.8 Å². The molecule has 1 aliphatic rings. The number of imide groups is 1. The maximum atomic E-state index is 13.9. The van der Waals surface area contributed by atoms with Gasteiger partial charge in [-0.15, -0.1) is 0 Å². The molecule has 11 heteroatoms. The molecular formula is C29H50N4O7. The van der Waals surface area contributed by atoms with Crippen LogP contribution in [-0.4, -0.2) is 95.6 Å². The van der Waals surface area contributed by atoms with Gasteiger partial charge in [0.1, 0.15) is 17.7 Å². The summed E-state index contributed by atoms with van der Waals surface area (Å²) >= 11 is 0. The Morgan fingerprint density at radius 1 is 0.975 bits per heavy atom. The number of nitrogens with one attached hydrogen (secondary N) is 1. The monoisotopic (exact) mass is 566 g/mol. The summed E-state index contributed by atoms with van der Waals surface area (Å²) in [5.74, 6) is -2.90. The molecule has 5 atom stereocenters. The molecule has 1 aliphatic heterocycles. The third kappa shape index (κ3) is 9.12. The Hall–Kier alpha value is -2.79. The van der Waals surface area contributed by atoms with Crippen molar-refractivity contribution in [3.8, 4) is 0 Å². The maximum absolute atomic E-state index is 13.9. The van der Waals surface area contributed by atoms with Gasteiger partial charge >= 0.3 is 5.97 Å². The van der Waals surface area contributed by atoms with Crippen molar-refractivity contribution in [2.45, 2.75) is 105 Å². The van der Waals surface area contributed by atoms with Crippen molar-refractivity contribution in [2.24, 2.45) is 17.8 Å². The summed E-state index contributed by atoms with van der Waals surface area (Å²) in [6, 6.07) is -2.26. The normalized spacial score (nSPS) is 17.7. The average Bonchev–Trinajstić information content (AvgIpc) is 3.17. The van der Waals surface area contributed by atoms with Crippen LogP contribution in [0.2, 0.25) is 0 Å². The van der Waals surface area contributed by atoms with E-state index in [1.165, 1.54) is 19.2 Å². The van der Waals surface area contributed by atoms with Gasteiger partial charge in [-0.1, -0.05) is 48.0 Å². The van der Waals surface area contributed by atoms with E-state index in [0.717, 1.165) is 23.6 Å². The number of nitrogens with zero attached hydrogens (tertiary/aromatic N) is 3. The average molecular weight is 567 g/mol. The lowest BCUT2D eigenvalue weighted by molar-refractivity contribution is -0.162. The van der Waals surface area contributed by atoms with Crippen molar-refractivity contribution >= 4 is 29.6 Å². The van der Waals surface area contributed by atoms with Gasteiger partial charge in [-0.2, -0.15) is 0 Å². The molecule has 1 rings (SSSR count). The number of carbonyl (C=O) groups excluding carboxylic acids is 5. The lowest BCUT2D eigenvalue weighted by Gasteiger charge is -2.40. The molecule has 0 aromatic heterocycles. The predicted octanol–water partition coefficient (Wildman–Crippen LogP) is 2.54. The summed E-state index contributed by atoms with van der Waals surface area (Å²) in [6.45, 7) is 16.6. The Kier molecular flexibility index (Phi) is 13.0. The van der Waals surface area contributed by atoms with Gasteiger partial charge in [-0.3, -0.25) is 24.0 Å². The molecule has 228 valence electrons. The second-order valence-electron chi connectivity index (χ2n) is 12.2. The molecule has 1 heterocycles. The summed E-state index contributed by atoms with van der Waals surface area (Å²) in [5.41, 5.74) is -0.656. The van der Waals surface area contributed by atoms with Crippen LogP contribution in [0.25, 0.3) is 0 Å². The third-order valence-corrected chi connectivity index (χ3v) is 7.13. The van der Waals surface area contributed by atoms with Crippen molar-refractivity contribution in [2.75, 3.05) is 21.2 Å². The van der Waals surface area contributed by atoms with Crippen LogP contribution in [0.5, 0.6) is 0 Å². The summed E-state index contributed by atoms with van der Waals surface area (Å²) in [6.07, 6.45) is 2.37. The summed E-state index contributed by atoms with van der Waals surface area (Å²) in [7, 11) is 4.66. The minimum absolute atomic E-state index is 0.0286. The maximum Gasteiger partial charge on any atom is 0.309 e. The van der Waals surface area contributed by atoms with Gasteiger partial charge in [0, 0.05) is 33.4 Å². The fraction of sp³-hybridized carbons (Fsp3) is 0.759. The fourth-order valence-corrected chi connectivity index (χ4v) is 4.98. The molecule has 0 aliphatic carbocycles. The van der Waals surface area contributed by atoms with E-state index in [1.54, 1.807) is 46.6 Å². The van der Waals surface area contributed by atoms with E-state index in [4.69, 9.17) is 9.47 Å². The number of hydrazine groups is 1. The molecule has 0 fully saturated rings. The molecule has 1 N–H and O–H groups in total. The number of methoxy groups -OCH3 is 1. The summed E-state index contributed by atoms with van der Waals surface area (Å²) in [4.78, 5) is 66.3. The van der Waals surface area contributed by atoms with Crippen LogP contribution in [0.15, 0.2) is 12.2 Å². The van der Waals surface area contributed by atoms with Gasteiger partial charge in [0.15, 0.2) is 0 Å². The largest absolute Gasteiger partial charge is 0.460 e. The topological polar surface area (TPSA) is 126 Å². The number of likely N-dealkylation sites (N-methyl/N-ethyl adjacent to an activating group) is 2. The molecule has 0 saturated heterocycles. The second kappa shape index (κ2) is 14.7. The Morgan fingerprint density at radius 2 is 1.50 bits per heavy atom. The van der Waals surface area contributed by atoms with Crippen molar-refractivity contribution in [1.29, 1.82) is 0 Å². The first-order chi connectivity index (χ1) is 18.4. The molecular weight excluding hydrogens is 516 g/mol. The Balaban J connectivity index is 3.25. The van der Waals surface area contributed by atoms with Gasteiger partial charge in [0.25, 0.3) is 11.8 Å². The van der Waals surface area contributed by atoms with E-state index in [9.17, 15) is 24.0 Å². The molecule has 0 unspecified atom stereocenters. The van der Waals surface area contributed by atoms with E-state index < -0.39 is 53.5 Å². The zero-order valence-corrected chi connectivity index (χ0v) is 26.3. The second-order valence-corrected chi connectivity index (χ2v) is 12.2. The smallest absolute Gasteiger partial charge is 0.309 e. The Labute approximate surface area is 239 Å². The Morgan fingerprint density at radius 3 is 1.90 bits per heavy atom.